The normalized spacial score (nSPS) is 23.2. The Labute approximate surface area is 139 Å². The van der Waals surface area contributed by atoms with E-state index in [1.807, 2.05) is 6.20 Å². The van der Waals surface area contributed by atoms with E-state index in [0.29, 0.717) is 5.88 Å². The summed E-state index contributed by atoms with van der Waals surface area (Å²) in [5.74, 6) is 0.573. The number of nitrogens with zero attached hydrogens (tertiary/aromatic N) is 2. The molecule has 0 unspecified atom stereocenters. The molecule has 2 aliphatic rings. The van der Waals surface area contributed by atoms with Gasteiger partial charge in [-0.3, -0.25) is 0 Å². The third-order valence-electron chi connectivity index (χ3n) is 5.29. The van der Waals surface area contributed by atoms with Crippen molar-refractivity contribution >= 4 is 18.3 Å². The first-order valence-corrected chi connectivity index (χ1v) is 8.48. The van der Waals surface area contributed by atoms with Crippen molar-refractivity contribution in [3.05, 3.63) is 12.3 Å². The van der Waals surface area contributed by atoms with Gasteiger partial charge < -0.3 is 18.9 Å². The van der Waals surface area contributed by atoms with E-state index in [-0.39, 0.29) is 11.2 Å². The summed E-state index contributed by atoms with van der Waals surface area (Å²) in [6.07, 6.45) is 5.67. The van der Waals surface area contributed by atoms with Crippen molar-refractivity contribution in [3.63, 3.8) is 0 Å². The minimum atomic E-state index is -0.452. The Morgan fingerprint density at radius 3 is 2.26 bits per heavy atom. The van der Waals surface area contributed by atoms with Crippen LogP contribution in [0.3, 0.4) is 0 Å². The lowest BCUT2D eigenvalue weighted by molar-refractivity contribution is 0.00578. The zero-order valence-corrected chi connectivity index (χ0v) is 14.9. The molecule has 0 saturated carbocycles. The number of hydrogen-bond acceptors (Lipinski definition) is 5. The van der Waals surface area contributed by atoms with E-state index >= 15 is 0 Å². The van der Waals surface area contributed by atoms with Crippen LogP contribution in [0.15, 0.2) is 12.3 Å². The maximum atomic E-state index is 6.17. The fourth-order valence-corrected chi connectivity index (χ4v) is 3.09. The summed E-state index contributed by atoms with van der Waals surface area (Å²) < 4.78 is 17.8. The Bertz CT molecular complexity index is 555. The van der Waals surface area contributed by atoms with E-state index in [0.717, 1.165) is 24.2 Å². The Morgan fingerprint density at radius 2 is 1.70 bits per heavy atom. The first kappa shape index (κ1) is 16.6. The number of methoxy groups -OCH3 is 1. The molecule has 1 aromatic heterocycles. The van der Waals surface area contributed by atoms with Gasteiger partial charge in [0.1, 0.15) is 0 Å². The fourth-order valence-electron chi connectivity index (χ4n) is 3.09. The predicted molar refractivity (Wildman–Crippen MR) is 92.6 cm³/mol. The summed E-state index contributed by atoms with van der Waals surface area (Å²) in [5, 5.41) is 0. The summed E-state index contributed by atoms with van der Waals surface area (Å²) in [5.41, 5.74) is 1.25. The Morgan fingerprint density at radius 1 is 1.09 bits per heavy atom. The van der Waals surface area contributed by atoms with Crippen molar-refractivity contribution in [2.75, 3.05) is 25.1 Å². The van der Waals surface area contributed by atoms with E-state index in [9.17, 15) is 0 Å². The Balaban J connectivity index is 1.91. The van der Waals surface area contributed by atoms with Crippen LogP contribution < -0.4 is 15.1 Å². The van der Waals surface area contributed by atoms with Gasteiger partial charge in [0.2, 0.25) is 5.88 Å². The van der Waals surface area contributed by atoms with Crippen molar-refractivity contribution in [2.24, 2.45) is 0 Å². The fraction of sp³-hybridized carbons (Fsp3) is 0.706. The van der Waals surface area contributed by atoms with Crippen molar-refractivity contribution in [1.29, 1.82) is 0 Å². The van der Waals surface area contributed by atoms with Crippen LogP contribution in [0.2, 0.25) is 0 Å². The minimum absolute atomic E-state index is 0.371. The molecular weight excluding hydrogens is 291 g/mol. The topological polar surface area (TPSA) is 43.8 Å². The Kier molecular flexibility index (Phi) is 4.32. The lowest BCUT2D eigenvalue weighted by Crippen LogP contribution is -2.41. The highest BCUT2D eigenvalue weighted by molar-refractivity contribution is 6.63. The number of anilines is 1. The van der Waals surface area contributed by atoms with E-state index < -0.39 is 7.12 Å². The molecule has 126 valence electrons. The van der Waals surface area contributed by atoms with Gasteiger partial charge in [-0.15, -0.1) is 0 Å². The highest BCUT2D eigenvalue weighted by atomic mass is 16.7. The number of hydrogen-bond donors (Lipinski definition) is 0. The lowest BCUT2D eigenvalue weighted by atomic mass is 9.79. The number of aromatic nitrogens is 1. The zero-order chi connectivity index (χ0) is 16.7. The molecular formula is C17H27BN2O3. The third kappa shape index (κ3) is 3.06. The average Bonchev–Trinajstić information content (AvgIpc) is 2.75. The maximum absolute atomic E-state index is 6.17. The average molecular weight is 318 g/mol. The van der Waals surface area contributed by atoms with Gasteiger partial charge in [0.05, 0.1) is 30.2 Å². The highest BCUT2D eigenvalue weighted by Crippen LogP contribution is 2.37. The molecule has 0 amide bonds. The molecule has 0 aromatic carbocycles. The minimum Gasteiger partial charge on any atom is -0.481 e. The highest BCUT2D eigenvalue weighted by Gasteiger charge is 2.52. The van der Waals surface area contributed by atoms with Crippen LogP contribution in [0.1, 0.15) is 47.0 Å². The van der Waals surface area contributed by atoms with Crippen LogP contribution in [0.5, 0.6) is 5.88 Å². The largest absolute Gasteiger partial charge is 0.500 e. The molecule has 0 spiro atoms. The second-order valence-electron chi connectivity index (χ2n) is 7.43. The predicted octanol–water partition coefficient (Wildman–Crippen LogP) is 2.38. The van der Waals surface area contributed by atoms with E-state index in [1.54, 1.807) is 7.11 Å². The van der Waals surface area contributed by atoms with Gasteiger partial charge in [0.15, 0.2) is 0 Å². The van der Waals surface area contributed by atoms with Crippen molar-refractivity contribution in [3.8, 4) is 5.88 Å². The quantitative estimate of drug-likeness (QED) is 0.801. The van der Waals surface area contributed by atoms with E-state index in [2.05, 4.69) is 43.6 Å². The third-order valence-corrected chi connectivity index (χ3v) is 5.29. The van der Waals surface area contributed by atoms with Gasteiger partial charge in [-0.1, -0.05) is 0 Å². The van der Waals surface area contributed by atoms with Crippen LogP contribution in [0, 0.1) is 0 Å². The van der Waals surface area contributed by atoms with Crippen LogP contribution in [0.25, 0.3) is 0 Å². The summed E-state index contributed by atoms with van der Waals surface area (Å²) in [4.78, 5) is 6.87. The van der Waals surface area contributed by atoms with Crippen molar-refractivity contribution in [2.45, 2.75) is 58.2 Å². The molecule has 3 rings (SSSR count). The molecule has 3 heterocycles. The monoisotopic (exact) mass is 318 g/mol. The summed E-state index contributed by atoms with van der Waals surface area (Å²) >= 11 is 0. The molecule has 1 aromatic rings. The van der Waals surface area contributed by atoms with Gasteiger partial charge in [-0.05, 0) is 53.0 Å². The molecule has 23 heavy (non-hydrogen) atoms. The SMILES string of the molecule is COc1ncc(N2CCCCC2)cc1B1OC(C)(C)C(C)(C)O1. The summed E-state index contributed by atoms with van der Waals surface area (Å²) in [6.45, 7) is 10.4. The molecule has 0 N–H and O–H groups in total. The molecule has 0 aliphatic carbocycles. The van der Waals surface area contributed by atoms with Gasteiger partial charge >= 0.3 is 7.12 Å². The number of ether oxygens (including phenoxy) is 1. The lowest BCUT2D eigenvalue weighted by Gasteiger charge is -2.32. The van der Waals surface area contributed by atoms with Crippen LogP contribution in [-0.2, 0) is 9.31 Å². The van der Waals surface area contributed by atoms with Crippen LogP contribution in [-0.4, -0.2) is 43.5 Å². The van der Waals surface area contributed by atoms with Crippen molar-refractivity contribution in [1.82, 2.24) is 4.98 Å². The molecule has 0 bridgehead atoms. The summed E-state index contributed by atoms with van der Waals surface area (Å²) in [7, 11) is 1.18. The van der Waals surface area contributed by atoms with Gasteiger partial charge in [-0.25, -0.2) is 4.98 Å². The zero-order valence-electron chi connectivity index (χ0n) is 14.9. The van der Waals surface area contributed by atoms with Gasteiger partial charge in [0, 0.05) is 18.6 Å². The number of rotatable bonds is 3. The van der Waals surface area contributed by atoms with Crippen molar-refractivity contribution < 1.29 is 14.0 Å². The smallest absolute Gasteiger partial charge is 0.481 e. The van der Waals surface area contributed by atoms with Gasteiger partial charge in [0.25, 0.3) is 0 Å². The van der Waals surface area contributed by atoms with Gasteiger partial charge in [-0.2, -0.15) is 0 Å². The molecule has 0 radical (unpaired) electrons. The van der Waals surface area contributed by atoms with E-state index in [4.69, 9.17) is 14.0 Å². The first-order chi connectivity index (χ1) is 10.8. The molecule has 2 aliphatic heterocycles. The molecule has 2 saturated heterocycles. The standard InChI is InChI=1S/C17H27BN2O3/c1-16(2)17(3,4)23-18(22-16)14-11-13(12-19-15(14)21-5)20-9-7-6-8-10-20/h11-12H,6-10H2,1-5H3. The van der Waals surface area contributed by atoms with Crippen LogP contribution >= 0.6 is 0 Å². The molecule has 0 atom stereocenters. The Hall–Kier alpha value is -1.27. The molecule has 2 fully saturated rings. The number of pyridine rings is 1. The van der Waals surface area contributed by atoms with Crippen LogP contribution in [0.4, 0.5) is 5.69 Å². The second-order valence-corrected chi connectivity index (χ2v) is 7.43. The number of piperidine rings is 1. The summed E-state index contributed by atoms with van der Waals surface area (Å²) in [6, 6.07) is 2.11. The molecule has 5 nitrogen and oxygen atoms in total. The van der Waals surface area contributed by atoms with E-state index in [1.165, 1.54) is 19.3 Å². The second kappa shape index (κ2) is 5.98. The first-order valence-electron chi connectivity index (χ1n) is 8.48. The molecule has 6 heteroatoms. The maximum Gasteiger partial charge on any atom is 0.500 e.